The van der Waals surface area contributed by atoms with Crippen LogP contribution in [0.1, 0.15) is 15.9 Å². The number of benzene rings is 3. The average molecular weight is 429 g/mol. The molecule has 1 atom stereocenters. The van der Waals surface area contributed by atoms with Crippen LogP contribution in [-0.2, 0) is 11.2 Å². The van der Waals surface area contributed by atoms with Crippen LogP contribution in [0.5, 0.6) is 5.75 Å². The van der Waals surface area contributed by atoms with E-state index in [9.17, 15) is 9.59 Å². The number of rotatable bonds is 5. The SMILES string of the molecule is COc1ccccc1C(=O)N1CCN(C)C(=O)[C@H](Cc2ccccc2-c2ccccc2)C1. The fraction of sp³-hybridized carbons (Fsp3) is 0.259. The third kappa shape index (κ3) is 4.52. The largest absolute Gasteiger partial charge is 0.496 e. The van der Waals surface area contributed by atoms with Gasteiger partial charge in [-0.15, -0.1) is 0 Å². The van der Waals surface area contributed by atoms with E-state index >= 15 is 0 Å². The number of hydrogen-bond donors (Lipinski definition) is 0. The quantitative estimate of drug-likeness (QED) is 0.614. The minimum Gasteiger partial charge on any atom is -0.496 e. The zero-order valence-electron chi connectivity index (χ0n) is 18.5. The predicted octanol–water partition coefficient (Wildman–Crippen LogP) is 4.14. The molecule has 32 heavy (non-hydrogen) atoms. The molecule has 2 amide bonds. The first-order valence-corrected chi connectivity index (χ1v) is 10.9. The lowest BCUT2D eigenvalue weighted by molar-refractivity contribution is -0.133. The van der Waals surface area contributed by atoms with Crippen molar-refractivity contribution in [3.05, 3.63) is 90.0 Å². The standard InChI is InChI=1S/C27H28N2O3/c1-28-16-17-29(27(31)24-14-8-9-15-25(24)32-2)19-22(26(28)30)18-21-12-6-7-13-23(21)20-10-4-3-5-11-20/h3-15,22H,16-19H2,1-2H3/t22-/m1/s1. The van der Waals surface area contributed by atoms with Gasteiger partial charge in [-0.05, 0) is 35.2 Å². The summed E-state index contributed by atoms with van der Waals surface area (Å²) in [5.74, 6) is 0.202. The number of nitrogens with zero attached hydrogens (tertiary/aromatic N) is 2. The third-order valence-electron chi connectivity index (χ3n) is 6.06. The molecule has 0 radical (unpaired) electrons. The first-order valence-electron chi connectivity index (χ1n) is 10.9. The Labute approximate surface area is 189 Å². The van der Waals surface area contributed by atoms with Crippen LogP contribution in [0.4, 0.5) is 0 Å². The molecule has 1 heterocycles. The maximum atomic E-state index is 13.3. The summed E-state index contributed by atoms with van der Waals surface area (Å²) in [6.07, 6.45) is 0.573. The van der Waals surface area contributed by atoms with Crippen molar-refractivity contribution < 1.29 is 14.3 Å². The second-order valence-corrected chi connectivity index (χ2v) is 8.14. The van der Waals surface area contributed by atoms with Crippen LogP contribution in [0, 0.1) is 5.92 Å². The molecule has 1 saturated heterocycles. The number of para-hydroxylation sites is 1. The van der Waals surface area contributed by atoms with E-state index in [-0.39, 0.29) is 17.7 Å². The van der Waals surface area contributed by atoms with Crippen LogP contribution in [0.3, 0.4) is 0 Å². The van der Waals surface area contributed by atoms with Gasteiger partial charge >= 0.3 is 0 Å². The van der Waals surface area contributed by atoms with Gasteiger partial charge in [0.2, 0.25) is 5.91 Å². The number of carbonyl (C=O) groups is 2. The highest BCUT2D eigenvalue weighted by Gasteiger charge is 2.32. The predicted molar refractivity (Wildman–Crippen MR) is 126 cm³/mol. The van der Waals surface area contributed by atoms with Gasteiger partial charge in [-0.25, -0.2) is 0 Å². The van der Waals surface area contributed by atoms with Crippen molar-refractivity contribution in [3.63, 3.8) is 0 Å². The van der Waals surface area contributed by atoms with Gasteiger partial charge in [-0.3, -0.25) is 9.59 Å². The molecule has 0 aliphatic carbocycles. The highest BCUT2D eigenvalue weighted by molar-refractivity contribution is 5.97. The molecule has 0 unspecified atom stereocenters. The zero-order chi connectivity index (χ0) is 22.5. The second kappa shape index (κ2) is 9.69. The average Bonchev–Trinajstić information content (AvgIpc) is 2.98. The van der Waals surface area contributed by atoms with Crippen molar-refractivity contribution in [1.82, 2.24) is 9.80 Å². The lowest BCUT2D eigenvalue weighted by Gasteiger charge is -2.24. The van der Waals surface area contributed by atoms with Gasteiger partial charge in [0, 0.05) is 26.7 Å². The van der Waals surface area contributed by atoms with E-state index < -0.39 is 0 Å². The monoisotopic (exact) mass is 428 g/mol. The molecule has 0 saturated carbocycles. The first kappa shape index (κ1) is 21.6. The molecule has 0 spiro atoms. The molecule has 4 rings (SSSR count). The maximum absolute atomic E-state index is 13.3. The Bertz CT molecular complexity index is 1100. The van der Waals surface area contributed by atoms with E-state index in [4.69, 9.17) is 4.74 Å². The zero-order valence-corrected chi connectivity index (χ0v) is 18.5. The molecule has 0 aromatic heterocycles. The third-order valence-corrected chi connectivity index (χ3v) is 6.06. The summed E-state index contributed by atoms with van der Waals surface area (Å²) < 4.78 is 5.39. The Hall–Kier alpha value is -3.60. The van der Waals surface area contributed by atoms with Gasteiger partial charge in [0.05, 0.1) is 18.6 Å². The number of hydrogen-bond acceptors (Lipinski definition) is 3. The molecule has 5 heteroatoms. The van der Waals surface area contributed by atoms with Gasteiger partial charge in [-0.2, -0.15) is 0 Å². The smallest absolute Gasteiger partial charge is 0.257 e. The summed E-state index contributed by atoms with van der Waals surface area (Å²) in [6, 6.07) is 25.6. The summed E-state index contributed by atoms with van der Waals surface area (Å²) >= 11 is 0. The van der Waals surface area contributed by atoms with Crippen LogP contribution >= 0.6 is 0 Å². The number of carbonyl (C=O) groups excluding carboxylic acids is 2. The highest BCUT2D eigenvalue weighted by atomic mass is 16.5. The van der Waals surface area contributed by atoms with Crippen molar-refractivity contribution in [1.29, 1.82) is 0 Å². The molecular formula is C27H28N2O3. The number of amides is 2. The van der Waals surface area contributed by atoms with Gasteiger partial charge in [-0.1, -0.05) is 66.7 Å². The topological polar surface area (TPSA) is 49.9 Å². The van der Waals surface area contributed by atoms with Crippen molar-refractivity contribution in [2.75, 3.05) is 33.8 Å². The first-order chi connectivity index (χ1) is 15.6. The van der Waals surface area contributed by atoms with E-state index in [1.54, 1.807) is 29.0 Å². The van der Waals surface area contributed by atoms with Gasteiger partial charge in [0.1, 0.15) is 5.75 Å². The van der Waals surface area contributed by atoms with Crippen molar-refractivity contribution in [2.45, 2.75) is 6.42 Å². The molecule has 3 aromatic carbocycles. The summed E-state index contributed by atoms with van der Waals surface area (Å²) in [4.78, 5) is 30.1. The van der Waals surface area contributed by atoms with Crippen LogP contribution in [0.25, 0.3) is 11.1 Å². The van der Waals surface area contributed by atoms with E-state index in [1.165, 1.54) is 0 Å². The Morgan fingerprint density at radius 2 is 1.62 bits per heavy atom. The fourth-order valence-corrected chi connectivity index (χ4v) is 4.32. The van der Waals surface area contributed by atoms with Crippen LogP contribution in [0.15, 0.2) is 78.9 Å². The lowest BCUT2D eigenvalue weighted by Crippen LogP contribution is -2.37. The van der Waals surface area contributed by atoms with Gasteiger partial charge < -0.3 is 14.5 Å². The molecule has 0 bridgehead atoms. The summed E-state index contributed by atoms with van der Waals surface area (Å²) in [5.41, 5.74) is 3.88. The molecule has 5 nitrogen and oxygen atoms in total. The molecule has 164 valence electrons. The summed E-state index contributed by atoms with van der Waals surface area (Å²) in [6.45, 7) is 1.38. The molecular weight excluding hydrogens is 400 g/mol. The number of ether oxygens (including phenoxy) is 1. The Balaban J connectivity index is 1.62. The minimum atomic E-state index is -0.314. The summed E-state index contributed by atoms with van der Waals surface area (Å²) in [7, 11) is 3.38. The molecule has 1 aliphatic rings. The van der Waals surface area contributed by atoms with E-state index in [0.29, 0.717) is 37.4 Å². The highest BCUT2D eigenvalue weighted by Crippen LogP contribution is 2.28. The minimum absolute atomic E-state index is 0.0724. The van der Waals surface area contributed by atoms with E-state index in [0.717, 1.165) is 16.7 Å². The van der Waals surface area contributed by atoms with Gasteiger partial charge in [0.15, 0.2) is 0 Å². The fourth-order valence-electron chi connectivity index (χ4n) is 4.32. The molecule has 0 N–H and O–H groups in total. The van der Waals surface area contributed by atoms with Gasteiger partial charge in [0.25, 0.3) is 5.91 Å². The number of likely N-dealkylation sites (N-methyl/N-ethyl adjacent to an activating group) is 1. The van der Waals surface area contributed by atoms with Crippen LogP contribution < -0.4 is 4.74 Å². The lowest BCUT2D eigenvalue weighted by atomic mass is 9.91. The normalized spacial score (nSPS) is 16.6. The Morgan fingerprint density at radius 3 is 2.41 bits per heavy atom. The summed E-state index contributed by atoms with van der Waals surface area (Å²) in [5, 5.41) is 0. The van der Waals surface area contributed by atoms with Crippen molar-refractivity contribution >= 4 is 11.8 Å². The Morgan fingerprint density at radius 1 is 0.938 bits per heavy atom. The molecule has 3 aromatic rings. The van der Waals surface area contributed by atoms with E-state index in [2.05, 4.69) is 24.3 Å². The molecule has 1 aliphatic heterocycles. The van der Waals surface area contributed by atoms with E-state index in [1.807, 2.05) is 49.5 Å². The van der Waals surface area contributed by atoms with Crippen LogP contribution in [-0.4, -0.2) is 55.4 Å². The number of methoxy groups -OCH3 is 1. The second-order valence-electron chi connectivity index (χ2n) is 8.14. The van der Waals surface area contributed by atoms with Crippen molar-refractivity contribution in [3.8, 4) is 16.9 Å². The maximum Gasteiger partial charge on any atom is 0.257 e. The molecule has 1 fully saturated rings. The Kier molecular flexibility index (Phi) is 6.55. The van der Waals surface area contributed by atoms with Crippen LogP contribution in [0.2, 0.25) is 0 Å². The van der Waals surface area contributed by atoms with Crippen molar-refractivity contribution in [2.24, 2.45) is 5.92 Å².